The van der Waals surface area contributed by atoms with Gasteiger partial charge in [-0.05, 0) is 12.5 Å². The highest BCUT2D eigenvalue weighted by Gasteiger charge is 2.13. The van der Waals surface area contributed by atoms with Crippen molar-refractivity contribution in [3.05, 3.63) is 29.3 Å². The summed E-state index contributed by atoms with van der Waals surface area (Å²) in [6, 6.07) is 1.58. The number of halogens is 2. The Hall–Kier alpha value is -1.73. The maximum Gasteiger partial charge on any atom is 0.253 e. The van der Waals surface area contributed by atoms with Crippen molar-refractivity contribution in [2.75, 3.05) is 39.2 Å². The molecule has 0 saturated heterocycles. The number of hydrogen-bond donors (Lipinski definition) is 2. The number of ether oxygens (including phenoxy) is 2. The van der Waals surface area contributed by atoms with E-state index in [1.165, 1.54) is 0 Å². The minimum absolute atomic E-state index is 0.0794. The summed E-state index contributed by atoms with van der Waals surface area (Å²) >= 11 is 0. The van der Waals surface area contributed by atoms with E-state index >= 15 is 0 Å². The maximum atomic E-state index is 13.0. The fourth-order valence-electron chi connectivity index (χ4n) is 1.47. The first kappa shape index (κ1) is 16.3. The van der Waals surface area contributed by atoms with Crippen LogP contribution in [0.1, 0.15) is 16.8 Å². The fraction of sp³-hybridized carbons (Fsp3) is 0.462. The molecule has 7 heteroatoms. The second kappa shape index (κ2) is 8.44. The lowest BCUT2D eigenvalue weighted by Gasteiger charge is -2.08. The number of carbonyl (C=O) groups excluding carboxylic acids is 1. The number of amides is 1. The molecule has 0 aliphatic heterocycles. The second-order valence-corrected chi connectivity index (χ2v) is 4.07. The normalized spacial score (nSPS) is 10.6. The van der Waals surface area contributed by atoms with E-state index in [0.29, 0.717) is 32.8 Å². The molecule has 0 saturated carbocycles. The van der Waals surface area contributed by atoms with Crippen LogP contribution >= 0.6 is 0 Å². The number of anilines is 1. The van der Waals surface area contributed by atoms with Gasteiger partial charge in [-0.15, -0.1) is 0 Å². The second-order valence-electron chi connectivity index (χ2n) is 4.07. The quantitative estimate of drug-likeness (QED) is 0.559. The third kappa shape index (κ3) is 5.10. The molecule has 0 heterocycles. The van der Waals surface area contributed by atoms with E-state index in [2.05, 4.69) is 5.32 Å². The molecule has 0 aliphatic carbocycles. The topological polar surface area (TPSA) is 73.6 Å². The van der Waals surface area contributed by atoms with Gasteiger partial charge in [-0.1, -0.05) is 0 Å². The molecule has 0 aromatic heterocycles. The van der Waals surface area contributed by atoms with Gasteiger partial charge in [-0.3, -0.25) is 4.79 Å². The SMILES string of the molecule is COCCOCCCNC(=O)c1cc(F)c(F)cc1N. The van der Waals surface area contributed by atoms with Crippen molar-refractivity contribution >= 4 is 11.6 Å². The average molecular weight is 288 g/mol. The Morgan fingerprint density at radius 3 is 2.65 bits per heavy atom. The predicted octanol–water partition coefficient (Wildman–Crippen LogP) is 1.33. The molecule has 1 aromatic rings. The van der Waals surface area contributed by atoms with E-state index in [0.717, 1.165) is 12.1 Å². The van der Waals surface area contributed by atoms with Crippen LogP contribution < -0.4 is 11.1 Å². The summed E-state index contributed by atoms with van der Waals surface area (Å²) < 4.78 is 35.9. The lowest BCUT2D eigenvalue weighted by Crippen LogP contribution is -2.26. The van der Waals surface area contributed by atoms with Crippen LogP contribution in [-0.2, 0) is 9.47 Å². The van der Waals surface area contributed by atoms with E-state index < -0.39 is 17.5 Å². The number of nitrogen functional groups attached to an aromatic ring is 1. The molecule has 3 N–H and O–H groups in total. The van der Waals surface area contributed by atoms with Gasteiger partial charge >= 0.3 is 0 Å². The van der Waals surface area contributed by atoms with Gasteiger partial charge in [0.05, 0.1) is 18.8 Å². The molecule has 112 valence electrons. The number of rotatable bonds is 8. The standard InChI is InChI=1S/C13H18F2N2O3/c1-19-5-6-20-4-2-3-17-13(18)9-7-10(14)11(15)8-12(9)16/h7-8H,2-6,16H2,1H3,(H,17,18). The van der Waals surface area contributed by atoms with E-state index in [4.69, 9.17) is 15.2 Å². The molecule has 0 aliphatic rings. The Morgan fingerprint density at radius 1 is 1.25 bits per heavy atom. The molecule has 0 fully saturated rings. The van der Waals surface area contributed by atoms with E-state index in [1.54, 1.807) is 7.11 Å². The van der Waals surface area contributed by atoms with Gasteiger partial charge < -0.3 is 20.5 Å². The van der Waals surface area contributed by atoms with Gasteiger partial charge in [0.15, 0.2) is 11.6 Å². The minimum atomic E-state index is -1.10. The first-order valence-electron chi connectivity index (χ1n) is 6.15. The Bertz CT molecular complexity index is 455. The molecule has 0 radical (unpaired) electrons. The molecule has 0 spiro atoms. The number of nitrogens with one attached hydrogen (secondary N) is 1. The summed E-state index contributed by atoms with van der Waals surface area (Å²) in [4.78, 5) is 11.7. The molecule has 20 heavy (non-hydrogen) atoms. The van der Waals surface area contributed by atoms with Crippen LogP contribution in [0, 0.1) is 11.6 Å². The molecule has 1 amide bonds. The zero-order valence-corrected chi connectivity index (χ0v) is 11.2. The number of nitrogens with two attached hydrogens (primary N) is 1. The zero-order chi connectivity index (χ0) is 15.0. The minimum Gasteiger partial charge on any atom is -0.398 e. The van der Waals surface area contributed by atoms with E-state index in [-0.39, 0.29) is 11.3 Å². The summed E-state index contributed by atoms with van der Waals surface area (Å²) in [5, 5.41) is 2.56. The molecule has 5 nitrogen and oxygen atoms in total. The number of benzene rings is 1. The summed E-state index contributed by atoms with van der Waals surface area (Å²) in [5.74, 6) is -2.73. The lowest BCUT2D eigenvalue weighted by atomic mass is 10.1. The Labute approximate surface area is 116 Å². The van der Waals surface area contributed by atoms with Gasteiger partial charge in [0.2, 0.25) is 0 Å². The summed E-state index contributed by atoms with van der Waals surface area (Å²) in [6.45, 7) is 1.82. The van der Waals surface area contributed by atoms with Crippen LogP contribution in [0.2, 0.25) is 0 Å². The highest BCUT2D eigenvalue weighted by atomic mass is 19.2. The first-order valence-corrected chi connectivity index (χ1v) is 6.15. The van der Waals surface area contributed by atoms with Gasteiger partial charge in [-0.2, -0.15) is 0 Å². The van der Waals surface area contributed by atoms with Crippen molar-refractivity contribution in [1.29, 1.82) is 0 Å². The van der Waals surface area contributed by atoms with Crippen LogP contribution in [0.15, 0.2) is 12.1 Å². The van der Waals surface area contributed by atoms with Crippen molar-refractivity contribution in [2.24, 2.45) is 0 Å². The van der Waals surface area contributed by atoms with Crippen molar-refractivity contribution in [1.82, 2.24) is 5.32 Å². The maximum absolute atomic E-state index is 13.0. The van der Waals surface area contributed by atoms with Crippen LogP contribution in [0.25, 0.3) is 0 Å². The molecule has 1 aromatic carbocycles. The van der Waals surface area contributed by atoms with Gasteiger partial charge in [-0.25, -0.2) is 8.78 Å². The van der Waals surface area contributed by atoms with E-state index in [1.807, 2.05) is 0 Å². The van der Waals surface area contributed by atoms with Gasteiger partial charge in [0.25, 0.3) is 5.91 Å². The monoisotopic (exact) mass is 288 g/mol. The van der Waals surface area contributed by atoms with Crippen LogP contribution in [-0.4, -0.2) is 39.4 Å². The van der Waals surface area contributed by atoms with Gasteiger partial charge in [0, 0.05) is 32.0 Å². The third-order valence-corrected chi connectivity index (χ3v) is 2.52. The van der Waals surface area contributed by atoms with Crippen molar-refractivity contribution < 1.29 is 23.0 Å². The first-order chi connectivity index (χ1) is 9.56. The molecule has 0 unspecified atom stereocenters. The zero-order valence-electron chi connectivity index (χ0n) is 11.2. The van der Waals surface area contributed by atoms with Crippen LogP contribution in [0.4, 0.5) is 14.5 Å². The summed E-state index contributed by atoms with van der Waals surface area (Å²) in [6.07, 6.45) is 0.596. The number of hydrogen-bond acceptors (Lipinski definition) is 4. The van der Waals surface area contributed by atoms with Gasteiger partial charge in [0.1, 0.15) is 0 Å². The third-order valence-electron chi connectivity index (χ3n) is 2.52. The predicted molar refractivity (Wildman–Crippen MR) is 70.4 cm³/mol. The van der Waals surface area contributed by atoms with Crippen LogP contribution in [0.3, 0.4) is 0 Å². The summed E-state index contributed by atoms with van der Waals surface area (Å²) in [5.41, 5.74) is 5.29. The molecular weight excluding hydrogens is 270 g/mol. The Kier molecular flexibility index (Phi) is 6.89. The highest BCUT2D eigenvalue weighted by molar-refractivity contribution is 5.99. The van der Waals surface area contributed by atoms with Crippen LogP contribution in [0.5, 0.6) is 0 Å². The number of methoxy groups -OCH3 is 1. The largest absolute Gasteiger partial charge is 0.398 e. The summed E-state index contributed by atoms with van der Waals surface area (Å²) in [7, 11) is 1.58. The van der Waals surface area contributed by atoms with Crippen molar-refractivity contribution in [3.63, 3.8) is 0 Å². The smallest absolute Gasteiger partial charge is 0.253 e. The molecule has 0 atom stereocenters. The Balaban J connectivity index is 2.34. The van der Waals surface area contributed by atoms with Crippen molar-refractivity contribution in [3.8, 4) is 0 Å². The molecular formula is C13H18F2N2O3. The molecule has 1 rings (SSSR count). The fourth-order valence-corrected chi connectivity index (χ4v) is 1.47. The lowest BCUT2D eigenvalue weighted by molar-refractivity contribution is 0.0688. The van der Waals surface area contributed by atoms with Crippen molar-refractivity contribution in [2.45, 2.75) is 6.42 Å². The Morgan fingerprint density at radius 2 is 1.95 bits per heavy atom. The average Bonchev–Trinajstić information content (AvgIpc) is 2.41. The number of carbonyl (C=O) groups is 1. The van der Waals surface area contributed by atoms with E-state index in [9.17, 15) is 13.6 Å². The molecule has 0 bridgehead atoms. The highest BCUT2D eigenvalue weighted by Crippen LogP contribution is 2.16.